The largest absolute Gasteiger partial charge is 0.454 e. The molecule has 0 N–H and O–H groups in total. The number of aryl methyl sites for hydroxylation is 1. The molecule has 0 radical (unpaired) electrons. The number of ether oxygens (including phenoxy) is 1. The van der Waals surface area contributed by atoms with Gasteiger partial charge in [0.25, 0.3) is 0 Å². The third kappa shape index (κ3) is 4.34. The second-order valence-corrected chi connectivity index (χ2v) is 9.21. The van der Waals surface area contributed by atoms with Crippen molar-refractivity contribution in [3.63, 3.8) is 0 Å². The van der Waals surface area contributed by atoms with E-state index in [1.807, 2.05) is 27.7 Å². The molecular weight excluding hydrogens is 380 g/mol. The second kappa shape index (κ2) is 8.28. The van der Waals surface area contributed by atoms with Crippen LogP contribution in [0.3, 0.4) is 0 Å². The lowest BCUT2D eigenvalue weighted by molar-refractivity contribution is 0.0474. The molecule has 0 saturated heterocycles. The fourth-order valence-corrected chi connectivity index (χ4v) is 4.02. The van der Waals surface area contributed by atoms with Crippen LogP contribution in [0.5, 0.6) is 0 Å². The molecule has 28 heavy (non-hydrogen) atoms. The normalized spacial score (nSPS) is 11.9. The minimum atomic E-state index is -3.57. The van der Waals surface area contributed by atoms with Gasteiger partial charge in [-0.15, -0.1) is 0 Å². The molecule has 7 nitrogen and oxygen atoms in total. The van der Waals surface area contributed by atoms with Gasteiger partial charge in [-0.1, -0.05) is 0 Å². The van der Waals surface area contributed by atoms with Crippen molar-refractivity contribution < 1.29 is 22.7 Å². The Balaban J connectivity index is 2.08. The number of aromatic nitrogens is 1. The van der Waals surface area contributed by atoms with Crippen molar-refractivity contribution in [2.75, 3.05) is 20.7 Å². The maximum absolute atomic E-state index is 12.5. The third-order valence-corrected chi connectivity index (χ3v) is 6.33. The lowest BCUT2D eigenvalue weighted by Crippen LogP contribution is -2.22. The van der Waals surface area contributed by atoms with Gasteiger partial charge in [-0.05, 0) is 58.0 Å². The summed E-state index contributed by atoms with van der Waals surface area (Å²) in [4.78, 5) is 24.8. The number of hydrogen-bond acceptors (Lipinski definition) is 5. The molecule has 0 unspecified atom stereocenters. The van der Waals surface area contributed by atoms with Gasteiger partial charge in [-0.25, -0.2) is 17.5 Å². The Hall–Kier alpha value is -2.45. The van der Waals surface area contributed by atoms with Gasteiger partial charge in [0, 0.05) is 37.1 Å². The SMILES string of the molecule is Cc1cc(C(=O)COC(=O)c2ccc(S(=O)(=O)N(C)C)cc2)c(C)n1C(C)C. The summed E-state index contributed by atoms with van der Waals surface area (Å²) in [6.45, 7) is 7.49. The molecule has 2 rings (SSSR count). The number of benzene rings is 1. The maximum Gasteiger partial charge on any atom is 0.338 e. The van der Waals surface area contributed by atoms with E-state index in [9.17, 15) is 18.0 Å². The van der Waals surface area contributed by atoms with Crippen LogP contribution in [0.1, 0.15) is 52.0 Å². The highest BCUT2D eigenvalue weighted by Gasteiger charge is 2.20. The van der Waals surface area contributed by atoms with E-state index in [1.165, 1.54) is 38.4 Å². The number of Topliss-reactive ketones (excluding diaryl/α,β-unsaturated/α-hetero) is 1. The fourth-order valence-electron chi connectivity index (χ4n) is 3.12. The van der Waals surface area contributed by atoms with E-state index in [4.69, 9.17) is 4.74 Å². The summed E-state index contributed by atoms with van der Waals surface area (Å²) in [7, 11) is -0.710. The molecular formula is C20H26N2O5S. The molecule has 0 aliphatic heterocycles. The highest BCUT2D eigenvalue weighted by atomic mass is 32.2. The highest BCUT2D eigenvalue weighted by Crippen LogP contribution is 2.21. The molecule has 0 aliphatic carbocycles. The number of hydrogen-bond donors (Lipinski definition) is 0. The zero-order chi connectivity index (χ0) is 21.2. The van der Waals surface area contributed by atoms with Gasteiger partial charge >= 0.3 is 5.97 Å². The number of nitrogens with zero attached hydrogens (tertiary/aromatic N) is 2. The smallest absolute Gasteiger partial charge is 0.338 e. The number of sulfonamides is 1. The first-order valence-corrected chi connectivity index (χ1v) is 10.3. The molecule has 0 aliphatic rings. The summed E-state index contributed by atoms with van der Waals surface area (Å²) in [5.41, 5.74) is 2.52. The molecule has 2 aromatic rings. The molecule has 8 heteroatoms. The van der Waals surface area contributed by atoms with Crippen LogP contribution in [0.15, 0.2) is 35.2 Å². The van der Waals surface area contributed by atoms with Crippen LogP contribution in [0.2, 0.25) is 0 Å². The Morgan fingerprint density at radius 1 is 1.11 bits per heavy atom. The maximum atomic E-state index is 12.5. The lowest BCUT2D eigenvalue weighted by Gasteiger charge is -2.13. The van der Waals surface area contributed by atoms with Gasteiger partial charge in [-0.3, -0.25) is 4.79 Å². The van der Waals surface area contributed by atoms with Gasteiger partial charge in [0.05, 0.1) is 10.5 Å². The Morgan fingerprint density at radius 3 is 2.14 bits per heavy atom. The van der Waals surface area contributed by atoms with Crippen molar-refractivity contribution >= 4 is 21.8 Å². The lowest BCUT2D eigenvalue weighted by atomic mass is 10.1. The summed E-state index contributed by atoms with van der Waals surface area (Å²) in [5.74, 6) is -0.958. The topological polar surface area (TPSA) is 85.7 Å². The first kappa shape index (κ1) is 21.8. The number of carbonyl (C=O) groups is 2. The van der Waals surface area contributed by atoms with Crippen molar-refractivity contribution in [2.24, 2.45) is 0 Å². The van der Waals surface area contributed by atoms with Crippen molar-refractivity contribution in [3.05, 3.63) is 52.8 Å². The Bertz CT molecular complexity index is 986. The van der Waals surface area contributed by atoms with Gasteiger partial charge in [0.15, 0.2) is 6.61 Å². The van der Waals surface area contributed by atoms with E-state index in [0.717, 1.165) is 15.7 Å². The summed E-state index contributed by atoms with van der Waals surface area (Å²) in [6.07, 6.45) is 0. The molecule has 152 valence electrons. The predicted octanol–water partition coefficient (Wildman–Crippen LogP) is 2.98. The van der Waals surface area contributed by atoms with E-state index >= 15 is 0 Å². The quantitative estimate of drug-likeness (QED) is 0.521. The first-order valence-electron chi connectivity index (χ1n) is 8.88. The van der Waals surface area contributed by atoms with Crippen molar-refractivity contribution in [1.82, 2.24) is 8.87 Å². The zero-order valence-electron chi connectivity index (χ0n) is 17.0. The molecule has 1 heterocycles. The van der Waals surface area contributed by atoms with Crippen LogP contribution in [-0.2, 0) is 14.8 Å². The number of carbonyl (C=O) groups excluding carboxylic acids is 2. The standard InChI is InChI=1S/C20H26N2O5S/c1-13(2)22-14(3)11-18(15(22)4)19(23)12-27-20(24)16-7-9-17(10-8-16)28(25,26)21(5)6/h7-11,13H,12H2,1-6H3. The van der Waals surface area contributed by atoms with Crippen molar-refractivity contribution in [1.29, 1.82) is 0 Å². The van der Waals surface area contributed by atoms with E-state index < -0.39 is 16.0 Å². The summed E-state index contributed by atoms with van der Waals surface area (Å²) >= 11 is 0. The first-order chi connectivity index (χ1) is 13.0. The van der Waals surface area contributed by atoms with Crippen LogP contribution in [0.25, 0.3) is 0 Å². The second-order valence-electron chi connectivity index (χ2n) is 7.06. The molecule has 0 spiro atoms. The van der Waals surface area contributed by atoms with Gasteiger partial charge < -0.3 is 9.30 Å². The molecule has 1 aromatic carbocycles. The van der Waals surface area contributed by atoms with Crippen molar-refractivity contribution in [3.8, 4) is 0 Å². The molecule has 0 fully saturated rings. The Kier molecular flexibility index (Phi) is 6.46. The van der Waals surface area contributed by atoms with Crippen LogP contribution >= 0.6 is 0 Å². The van der Waals surface area contributed by atoms with Crippen LogP contribution < -0.4 is 0 Å². The van der Waals surface area contributed by atoms with Crippen LogP contribution in [-0.4, -0.2) is 49.7 Å². The summed E-state index contributed by atoms with van der Waals surface area (Å²) in [5, 5.41) is 0. The summed E-state index contributed by atoms with van der Waals surface area (Å²) < 4.78 is 32.4. The highest BCUT2D eigenvalue weighted by molar-refractivity contribution is 7.89. The fraction of sp³-hybridized carbons (Fsp3) is 0.400. The average Bonchev–Trinajstić information content (AvgIpc) is 2.93. The molecule has 0 saturated carbocycles. The van der Waals surface area contributed by atoms with Crippen LogP contribution in [0.4, 0.5) is 0 Å². The third-order valence-electron chi connectivity index (χ3n) is 4.50. The molecule has 0 amide bonds. The van der Waals surface area contributed by atoms with E-state index in [0.29, 0.717) is 5.56 Å². The number of ketones is 1. The zero-order valence-corrected chi connectivity index (χ0v) is 17.8. The minimum Gasteiger partial charge on any atom is -0.454 e. The van der Waals surface area contributed by atoms with Gasteiger partial charge in [0.1, 0.15) is 0 Å². The van der Waals surface area contributed by atoms with E-state index in [-0.39, 0.29) is 28.9 Å². The molecule has 0 atom stereocenters. The number of esters is 1. The Labute approximate surface area is 166 Å². The average molecular weight is 407 g/mol. The number of rotatable bonds is 7. The van der Waals surface area contributed by atoms with E-state index in [1.54, 1.807) is 6.07 Å². The summed E-state index contributed by atoms with van der Waals surface area (Å²) in [6, 6.07) is 7.43. The van der Waals surface area contributed by atoms with Gasteiger partial charge in [0.2, 0.25) is 15.8 Å². The van der Waals surface area contributed by atoms with Crippen LogP contribution in [0, 0.1) is 13.8 Å². The van der Waals surface area contributed by atoms with E-state index in [2.05, 4.69) is 4.57 Å². The minimum absolute atomic E-state index is 0.0752. The van der Waals surface area contributed by atoms with Crippen molar-refractivity contribution in [2.45, 2.75) is 38.6 Å². The monoisotopic (exact) mass is 406 g/mol. The predicted molar refractivity (Wildman–Crippen MR) is 106 cm³/mol. The van der Waals surface area contributed by atoms with Gasteiger partial charge in [-0.2, -0.15) is 0 Å². The molecule has 0 bridgehead atoms. The Morgan fingerprint density at radius 2 is 1.68 bits per heavy atom. The molecule has 1 aromatic heterocycles.